The highest BCUT2D eigenvalue weighted by atomic mass is 19.4. The molecule has 1 aliphatic rings. The van der Waals surface area contributed by atoms with Gasteiger partial charge in [0.15, 0.2) is 6.19 Å². The van der Waals surface area contributed by atoms with E-state index >= 15 is 0 Å². The molecule has 1 aromatic heterocycles. The number of alkyl halides is 9. The van der Waals surface area contributed by atoms with E-state index in [-0.39, 0.29) is 36.8 Å². The normalized spacial score (nSPS) is 16.3. The molecule has 0 radical (unpaired) electrons. The van der Waals surface area contributed by atoms with Gasteiger partial charge in [-0.2, -0.15) is 44.8 Å². The summed E-state index contributed by atoms with van der Waals surface area (Å²) in [5, 5.41) is 9.88. The van der Waals surface area contributed by atoms with Gasteiger partial charge in [0.25, 0.3) is 0 Å². The molecule has 1 unspecified atom stereocenters. The summed E-state index contributed by atoms with van der Waals surface area (Å²) in [6, 6.07) is 0.383. The maximum Gasteiger partial charge on any atom is 0.418 e. The molecule has 40 heavy (non-hydrogen) atoms. The van der Waals surface area contributed by atoms with Gasteiger partial charge >= 0.3 is 24.6 Å². The molecule has 15 heteroatoms. The van der Waals surface area contributed by atoms with Crippen LogP contribution < -0.4 is 4.90 Å². The van der Waals surface area contributed by atoms with E-state index in [0.29, 0.717) is 18.2 Å². The number of hydrogen-bond donors (Lipinski definition) is 0. The number of ether oxygens (including phenoxy) is 1. The van der Waals surface area contributed by atoms with Crippen LogP contribution in [0.1, 0.15) is 66.4 Å². The molecule has 1 aromatic carbocycles. The summed E-state index contributed by atoms with van der Waals surface area (Å²) in [5.74, 6) is 0. The van der Waals surface area contributed by atoms with Crippen molar-refractivity contribution in [3.8, 4) is 6.19 Å². The van der Waals surface area contributed by atoms with E-state index in [1.54, 1.807) is 6.19 Å². The maximum atomic E-state index is 13.7. The van der Waals surface area contributed by atoms with Crippen molar-refractivity contribution in [3.05, 3.63) is 57.9 Å². The van der Waals surface area contributed by atoms with Gasteiger partial charge in [-0.3, -0.25) is 14.8 Å². The number of carbonyl (C=O) groups is 1. The first-order chi connectivity index (χ1) is 18.3. The average molecular weight is 582 g/mol. The number of nitriles is 1. The lowest BCUT2D eigenvalue weighted by Crippen LogP contribution is -2.34. The van der Waals surface area contributed by atoms with Crippen LogP contribution in [-0.2, 0) is 29.8 Å². The lowest BCUT2D eigenvalue weighted by atomic mass is 10.0. The van der Waals surface area contributed by atoms with Crippen molar-refractivity contribution in [1.82, 2.24) is 9.88 Å². The van der Waals surface area contributed by atoms with Gasteiger partial charge in [0.1, 0.15) is 0 Å². The summed E-state index contributed by atoms with van der Waals surface area (Å²) in [7, 11) is 0. The van der Waals surface area contributed by atoms with E-state index < -0.39 is 71.3 Å². The van der Waals surface area contributed by atoms with Crippen LogP contribution in [-0.4, -0.2) is 28.6 Å². The summed E-state index contributed by atoms with van der Waals surface area (Å²) < 4.78 is 126. The van der Waals surface area contributed by atoms with Crippen LogP contribution >= 0.6 is 0 Å². The van der Waals surface area contributed by atoms with E-state index in [1.807, 2.05) is 0 Å². The molecule has 0 fully saturated rings. The number of pyridine rings is 1. The first-order valence-electron chi connectivity index (χ1n) is 11.8. The Kier molecular flexibility index (Phi) is 8.52. The van der Waals surface area contributed by atoms with Crippen LogP contribution in [0.5, 0.6) is 0 Å². The third kappa shape index (κ3) is 6.89. The lowest BCUT2D eigenvalue weighted by molar-refractivity contribution is -0.143. The monoisotopic (exact) mass is 582 g/mol. The number of carbonyl (C=O) groups excluding carboxylic acids is 1. The minimum absolute atomic E-state index is 0.00505. The second kappa shape index (κ2) is 11.1. The summed E-state index contributed by atoms with van der Waals surface area (Å²) in [5.41, 5.74) is -5.82. The minimum atomic E-state index is -5.12. The van der Waals surface area contributed by atoms with Crippen molar-refractivity contribution >= 4 is 11.8 Å². The molecule has 2 aromatic rings. The number of hydrogen-bond acceptors (Lipinski definition) is 5. The second-order valence-electron chi connectivity index (χ2n) is 9.41. The van der Waals surface area contributed by atoms with Crippen molar-refractivity contribution in [2.45, 2.75) is 70.8 Å². The summed E-state index contributed by atoms with van der Waals surface area (Å²) in [6.07, 6.45) is -14.9. The Hall–Kier alpha value is -3.70. The van der Waals surface area contributed by atoms with Crippen LogP contribution in [0.2, 0.25) is 0 Å². The van der Waals surface area contributed by atoms with Crippen LogP contribution in [0.4, 0.5) is 50.0 Å². The summed E-state index contributed by atoms with van der Waals surface area (Å²) >= 11 is 0. The molecule has 218 valence electrons. The summed E-state index contributed by atoms with van der Waals surface area (Å²) in [6.45, 7) is 3.22. The van der Waals surface area contributed by atoms with Gasteiger partial charge in [0, 0.05) is 6.54 Å². The molecule has 1 aliphatic heterocycles. The van der Waals surface area contributed by atoms with Gasteiger partial charge in [0.2, 0.25) is 0 Å². The van der Waals surface area contributed by atoms with Crippen LogP contribution in [0.25, 0.3) is 0 Å². The van der Waals surface area contributed by atoms with Crippen LogP contribution in [0, 0.1) is 18.4 Å². The van der Waals surface area contributed by atoms with Crippen LogP contribution in [0.15, 0.2) is 24.3 Å². The molecule has 0 spiro atoms. The topological polar surface area (TPSA) is 69.5 Å². The van der Waals surface area contributed by atoms with Crippen molar-refractivity contribution in [3.63, 3.8) is 0 Å². The Labute approximate surface area is 222 Å². The van der Waals surface area contributed by atoms with Crippen molar-refractivity contribution in [2.75, 3.05) is 11.4 Å². The van der Waals surface area contributed by atoms with Crippen molar-refractivity contribution < 1.29 is 49.0 Å². The third-order valence-corrected chi connectivity index (χ3v) is 6.05. The van der Waals surface area contributed by atoms with Gasteiger partial charge < -0.3 is 4.74 Å². The van der Waals surface area contributed by atoms with E-state index in [4.69, 9.17) is 4.74 Å². The molecule has 2 heterocycles. The smallest absolute Gasteiger partial charge is 0.418 e. The zero-order valence-electron chi connectivity index (χ0n) is 21.3. The highest BCUT2D eigenvalue weighted by Crippen LogP contribution is 2.42. The Balaban J connectivity index is 2.15. The predicted molar refractivity (Wildman–Crippen MR) is 123 cm³/mol. The molecule has 0 N–H and O–H groups in total. The number of aromatic nitrogens is 1. The largest absolute Gasteiger partial charge is 0.446 e. The highest BCUT2D eigenvalue weighted by Gasteiger charge is 2.40. The third-order valence-electron chi connectivity index (χ3n) is 6.05. The van der Waals surface area contributed by atoms with E-state index in [2.05, 4.69) is 4.98 Å². The Morgan fingerprint density at radius 2 is 1.62 bits per heavy atom. The van der Waals surface area contributed by atoms with Gasteiger partial charge in [-0.05, 0) is 63.4 Å². The van der Waals surface area contributed by atoms with Gasteiger partial charge in [-0.1, -0.05) is 0 Å². The van der Waals surface area contributed by atoms with E-state index in [9.17, 15) is 49.6 Å². The number of amides is 1. The van der Waals surface area contributed by atoms with Gasteiger partial charge in [-0.25, -0.2) is 4.79 Å². The number of aryl methyl sites for hydroxylation is 1. The molecular weight excluding hydrogens is 559 g/mol. The first-order valence-corrected chi connectivity index (χ1v) is 11.8. The number of anilines is 1. The number of rotatable bonds is 4. The van der Waals surface area contributed by atoms with E-state index in [1.165, 1.54) is 13.8 Å². The van der Waals surface area contributed by atoms with Gasteiger partial charge in [0.05, 0.1) is 52.5 Å². The van der Waals surface area contributed by atoms with E-state index in [0.717, 1.165) is 16.7 Å². The fraction of sp³-hybridized carbons (Fsp3) is 0.480. The number of benzene rings is 1. The highest BCUT2D eigenvalue weighted by molar-refractivity contribution is 5.89. The zero-order valence-corrected chi connectivity index (χ0v) is 21.3. The minimum Gasteiger partial charge on any atom is -0.446 e. The maximum absolute atomic E-state index is 13.7. The summed E-state index contributed by atoms with van der Waals surface area (Å²) in [4.78, 5) is 18.6. The first kappa shape index (κ1) is 30.8. The molecule has 6 nitrogen and oxygen atoms in total. The second-order valence-corrected chi connectivity index (χ2v) is 9.41. The number of nitrogens with zero attached hydrogens (tertiary/aromatic N) is 4. The standard InChI is InChI=1S/C25H23F9N4O2/c1-13(2)40-22(39)38-6-4-5-19(21-20(38)10-18(14(3)36-21)25(32,33)34)37(12-35)11-15-7-16(23(26,27)28)9-17(8-15)24(29,30)31/h7-10,13,19H,4-6,11H2,1-3H3. The fourth-order valence-corrected chi connectivity index (χ4v) is 4.34. The Morgan fingerprint density at radius 1 is 1.05 bits per heavy atom. The lowest BCUT2D eigenvalue weighted by Gasteiger charge is -2.29. The van der Waals surface area contributed by atoms with Crippen LogP contribution in [0.3, 0.4) is 0 Å². The van der Waals surface area contributed by atoms with Crippen molar-refractivity contribution in [2.24, 2.45) is 0 Å². The number of fused-ring (bicyclic) bond motifs is 1. The quantitative estimate of drug-likeness (QED) is 0.211. The molecule has 0 saturated carbocycles. The fourth-order valence-electron chi connectivity index (χ4n) is 4.34. The molecule has 1 atom stereocenters. The number of halogens is 9. The predicted octanol–water partition coefficient (Wildman–Crippen LogP) is 7.62. The Bertz CT molecular complexity index is 1270. The molecule has 0 bridgehead atoms. The van der Waals surface area contributed by atoms with Crippen molar-refractivity contribution in [1.29, 1.82) is 5.26 Å². The molecular formula is C25H23F9N4O2. The average Bonchev–Trinajstić information content (AvgIpc) is 2.99. The van der Waals surface area contributed by atoms with Gasteiger partial charge in [-0.15, -0.1) is 0 Å². The molecule has 3 rings (SSSR count). The molecule has 0 aliphatic carbocycles. The Morgan fingerprint density at radius 3 is 2.10 bits per heavy atom. The zero-order chi connectivity index (χ0) is 30.2. The molecule has 1 amide bonds. The SMILES string of the molecule is Cc1nc2c(cc1C(F)(F)F)N(C(=O)OC(C)C)CCCC2N(C#N)Cc1cc(C(F)(F)F)cc(C(F)(F)F)c1. The molecule has 0 saturated heterocycles.